The van der Waals surface area contributed by atoms with Crippen molar-refractivity contribution in [1.82, 2.24) is 14.4 Å². The van der Waals surface area contributed by atoms with Gasteiger partial charge in [0.2, 0.25) is 0 Å². The molecule has 2 unspecified atom stereocenters. The molecule has 0 bridgehead atoms. The van der Waals surface area contributed by atoms with E-state index in [1.165, 1.54) is 24.8 Å². The Morgan fingerprint density at radius 1 is 1.12 bits per heavy atom. The average molecular weight is 729 g/mol. The topological polar surface area (TPSA) is 76.5 Å². The Morgan fingerprint density at radius 3 is 2.48 bits per heavy atom. The molecule has 274 valence electrons. The molecule has 1 aliphatic heterocycles. The summed E-state index contributed by atoms with van der Waals surface area (Å²) in [6, 6.07) is 8.14. The van der Waals surface area contributed by atoms with Gasteiger partial charge in [-0.1, -0.05) is 18.9 Å². The Bertz CT molecular complexity index is 1800. The molecular weight excluding hydrogens is 673 g/mol. The van der Waals surface area contributed by atoms with Gasteiger partial charge in [0.05, 0.1) is 42.6 Å². The number of methoxy groups -OCH3 is 2. The third kappa shape index (κ3) is 9.27. The fraction of sp³-hybridized carbons (Fsp3) is 0.622. The number of ether oxygens (including phenoxy) is 3. The van der Waals surface area contributed by atoms with Crippen molar-refractivity contribution in [3.63, 3.8) is 0 Å². The molecule has 2 atom stereocenters. The van der Waals surface area contributed by atoms with Crippen LogP contribution >= 0.6 is 9.24 Å². The van der Waals surface area contributed by atoms with Crippen molar-refractivity contribution in [1.29, 1.82) is 0 Å². The van der Waals surface area contributed by atoms with Gasteiger partial charge in [0, 0.05) is 87.5 Å². The minimum absolute atomic E-state index is 0.174. The zero-order valence-corrected chi connectivity index (χ0v) is 32.9. The first-order chi connectivity index (χ1) is 23.6. The van der Waals surface area contributed by atoms with Gasteiger partial charge in [-0.25, -0.2) is 12.8 Å². The third-order valence-electron chi connectivity index (χ3n) is 10.3. The lowest BCUT2D eigenvalue weighted by Crippen LogP contribution is -2.61. The summed E-state index contributed by atoms with van der Waals surface area (Å²) < 4.78 is 58.2. The van der Waals surface area contributed by atoms with Crippen molar-refractivity contribution >= 4 is 44.4 Å². The Balaban J connectivity index is 1.37. The Kier molecular flexibility index (Phi) is 12.4. The van der Waals surface area contributed by atoms with Gasteiger partial charge >= 0.3 is 0 Å². The predicted octanol–water partition coefficient (Wildman–Crippen LogP) is 2.43. The second-order valence-corrected chi connectivity index (χ2v) is 18.2. The maximum atomic E-state index is 15.2. The predicted molar refractivity (Wildman–Crippen MR) is 205 cm³/mol. The molecule has 2 aromatic rings. The number of halogens is 1. The number of aromatic nitrogens is 1. The van der Waals surface area contributed by atoms with E-state index in [-0.39, 0.29) is 23.5 Å². The molecule has 1 aromatic heterocycles. The maximum Gasteiger partial charge on any atom is 0.175 e. The number of benzene rings is 1. The lowest BCUT2D eigenvalue weighted by molar-refractivity contribution is -0.0722. The van der Waals surface area contributed by atoms with Gasteiger partial charge in [-0.3, -0.25) is 4.90 Å². The highest BCUT2D eigenvalue weighted by Gasteiger charge is 2.43. The van der Waals surface area contributed by atoms with Crippen LogP contribution in [0.4, 0.5) is 10.1 Å². The Labute approximate surface area is 301 Å². The smallest absolute Gasteiger partial charge is 0.175 e. The highest BCUT2D eigenvalue weighted by atomic mass is 32.2. The second kappa shape index (κ2) is 16.0. The molecule has 0 N–H and O–H groups in total. The normalized spacial score (nSPS) is 21.6. The minimum Gasteiger partial charge on any atom is -0.489 e. The molecule has 2 heterocycles. The van der Waals surface area contributed by atoms with Crippen LogP contribution < -0.4 is 20.2 Å². The summed E-state index contributed by atoms with van der Waals surface area (Å²) in [5, 5.41) is 0.692. The zero-order chi connectivity index (χ0) is 36.3. The van der Waals surface area contributed by atoms with Crippen LogP contribution in [0.15, 0.2) is 29.2 Å². The van der Waals surface area contributed by atoms with Crippen LogP contribution in [0.5, 0.6) is 5.75 Å². The van der Waals surface area contributed by atoms with Gasteiger partial charge in [-0.05, 0) is 62.6 Å². The number of likely N-dealkylation sites (tertiary alicyclic amines) is 1. The van der Waals surface area contributed by atoms with Crippen LogP contribution in [0.1, 0.15) is 51.1 Å². The summed E-state index contributed by atoms with van der Waals surface area (Å²) in [6.45, 7) is 6.58. The first-order valence-electron chi connectivity index (χ1n) is 17.6. The molecule has 13 heteroatoms. The summed E-state index contributed by atoms with van der Waals surface area (Å²) in [6.07, 6.45) is 10.0. The van der Waals surface area contributed by atoms with Crippen molar-refractivity contribution in [3.05, 3.63) is 40.5 Å². The van der Waals surface area contributed by atoms with E-state index in [2.05, 4.69) is 57.0 Å². The maximum absolute atomic E-state index is 15.2. The van der Waals surface area contributed by atoms with Crippen LogP contribution in [-0.4, -0.2) is 122 Å². The van der Waals surface area contributed by atoms with Gasteiger partial charge in [-0.15, -0.1) is 9.24 Å². The number of alkyl halides is 1. The van der Waals surface area contributed by atoms with Crippen LogP contribution in [-0.2, 0) is 25.9 Å². The van der Waals surface area contributed by atoms with Crippen molar-refractivity contribution in [2.45, 2.75) is 74.3 Å². The van der Waals surface area contributed by atoms with Gasteiger partial charge < -0.3 is 28.6 Å². The number of rotatable bonds is 14. The molecule has 1 saturated carbocycles. The van der Waals surface area contributed by atoms with E-state index in [0.29, 0.717) is 31.0 Å². The third-order valence-corrected chi connectivity index (χ3v) is 11.6. The lowest BCUT2D eigenvalue weighted by Gasteiger charge is -2.53. The quantitative estimate of drug-likeness (QED) is 0.127. The van der Waals surface area contributed by atoms with Crippen molar-refractivity contribution < 1.29 is 27.0 Å². The molecule has 5 rings (SSSR count). The molecule has 0 radical (unpaired) electrons. The summed E-state index contributed by atoms with van der Waals surface area (Å²) >= 11 is 0. The monoisotopic (exact) mass is 728 g/mol. The average Bonchev–Trinajstić information content (AvgIpc) is 3.38. The number of anilines is 1. The lowest BCUT2D eigenvalue weighted by atomic mass is 9.78. The molecule has 2 fully saturated rings. The first-order valence-corrected chi connectivity index (χ1v) is 20.1. The van der Waals surface area contributed by atoms with Crippen molar-refractivity contribution in [2.75, 3.05) is 78.9 Å². The zero-order valence-electron chi connectivity index (χ0n) is 30.9. The summed E-state index contributed by atoms with van der Waals surface area (Å²) in [4.78, 5) is 7.26. The van der Waals surface area contributed by atoms with Gasteiger partial charge in [0.1, 0.15) is 17.7 Å². The Morgan fingerprint density at radius 2 is 1.84 bits per heavy atom. The van der Waals surface area contributed by atoms with Crippen LogP contribution in [0.2, 0.25) is 0 Å². The fourth-order valence-corrected chi connectivity index (χ4v) is 8.65. The van der Waals surface area contributed by atoms with E-state index in [1.807, 2.05) is 16.5 Å². The van der Waals surface area contributed by atoms with E-state index in [1.54, 1.807) is 40.3 Å². The molecule has 2 aliphatic carbocycles. The van der Waals surface area contributed by atoms with Crippen molar-refractivity contribution in [2.24, 2.45) is 5.41 Å². The summed E-state index contributed by atoms with van der Waals surface area (Å²) in [5.41, 5.74) is 3.10. The van der Waals surface area contributed by atoms with Gasteiger partial charge in [-0.2, -0.15) is 0 Å². The standard InChI is InChI=1S/C37H55BFN4O5PS/c1-36(26-47-5)23-42(24-36)28-14-12-27(13-15-28)41(3)32-10-7-11-33-31(32)21-29(43(33)25-37(38,39)49)9-8-18-40(2)34-17-16-30(50(6,44)45)22-35(34)48-20-19-46-4/h11,16-17,21-22,27-28H,7,10,12-15,18-20,23-26,38,49H2,1-6H3. The molecule has 0 spiro atoms. The highest BCUT2D eigenvalue weighted by molar-refractivity contribution is 7.90. The van der Waals surface area contributed by atoms with E-state index in [9.17, 15) is 8.42 Å². The van der Waals surface area contributed by atoms with E-state index < -0.39 is 15.1 Å². The van der Waals surface area contributed by atoms with Crippen LogP contribution in [0.25, 0.3) is 11.8 Å². The molecule has 9 nitrogen and oxygen atoms in total. The number of sulfone groups is 1. The van der Waals surface area contributed by atoms with Crippen molar-refractivity contribution in [3.8, 4) is 17.6 Å². The largest absolute Gasteiger partial charge is 0.489 e. The first kappa shape index (κ1) is 38.7. The van der Waals surface area contributed by atoms with E-state index >= 15 is 4.39 Å². The number of hydrogen-bond donors (Lipinski definition) is 0. The van der Waals surface area contributed by atoms with Crippen LogP contribution in [0.3, 0.4) is 0 Å². The molecular formula is C37H55BFN4O5PS. The van der Waals surface area contributed by atoms with Gasteiger partial charge in [0.15, 0.2) is 17.7 Å². The molecule has 0 amide bonds. The fourth-order valence-electron chi connectivity index (χ4n) is 7.83. The molecule has 50 heavy (non-hydrogen) atoms. The molecule has 3 aliphatic rings. The number of hydrogen-bond acceptors (Lipinski definition) is 8. The molecule has 1 aromatic carbocycles. The summed E-state index contributed by atoms with van der Waals surface area (Å²) in [7, 11) is 8.02. The Hall–Kier alpha value is -2.55. The second-order valence-electron chi connectivity index (χ2n) is 15.0. The minimum atomic E-state index is -3.41. The summed E-state index contributed by atoms with van der Waals surface area (Å²) in [5.74, 6) is 7.11. The SMILES string of the molecule is BC(F)(P)Cn1c(C#CCN(C)c2ccc(S(C)(=O)=O)cc2OCCOC)cc2c1=CCCC=2N(C)C1CCC(N2CC(C)(COC)C2)CC1. The van der Waals surface area contributed by atoms with E-state index in [4.69, 9.17) is 14.2 Å². The number of fused-ring (bicyclic) bond motifs is 1. The van der Waals surface area contributed by atoms with Gasteiger partial charge in [0.25, 0.3) is 0 Å². The number of nitrogens with zero attached hydrogens (tertiary/aromatic N) is 4. The van der Waals surface area contributed by atoms with E-state index in [0.717, 1.165) is 67.3 Å². The highest BCUT2D eigenvalue weighted by Crippen LogP contribution is 2.37. The molecule has 1 saturated heterocycles. The van der Waals surface area contributed by atoms with Crippen LogP contribution in [0, 0.1) is 17.3 Å².